The summed E-state index contributed by atoms with van der Waals surface area (Å²) in [5.74, 6) is 2.30. The predicted octanol–water partition coefficient (Wildman–Crippen LogP) is 3.28. The Balaban J connectivity index is 2.11. The van der Waals surface area contributed by atoms with Crippen LogP contribution in [0.3, 0.4) is 0 Å². The van der Waals surface area contributed by atoms with E-state index in [2.05, 4.69) is 0 Å². The van der Waals surface area contributed by atoms with Gasteiger partial charge in [0.25, 0.3) is 0 Å². The molecule has 0 aliphatic carbocycles. The summed E-state index contributed by atoms with van der Waals surface area (Å²) < 4.78 is 10.5. The summed E-state index contributed by atoms with van der Waals surface area (Å²) in [7, 11) is 3.25. The van der Waals surface area contributed by atoms with Gasteiger partial charge in [-0.15, -0.1) is 11.8 Å². The first-order chi connectivity index (χ1) is 10.1. The molecule has 0 unspecified atom stereocenters. The number of hydrogen-bond donors (Lipinski definition) is 2. The van der Waals surface area contributed by atoms with Crippen LogP contribution in [0.25, 0.3) is 0 Å². The third-order valence-electron chi connectivity index (χ3n) is 3.00. The summed E-state index contributed by atoms with van der Waals surface area (Å²) in [6.45, 7) is 0. The van der Waals surface area contributed by atoms with Crippen molar-refractivity contribution in [3.63, 3.8) is 0 Å². The molecule has 0 spiro atoms. The van der Waals surface area contributed by atoms with Crippen molar-refractivity contribution in [1.82, 2.24) is 0 Å². The summed E-state index contributed by atoms with van der Waals surface area (Å²) >= 11 is 1.72. The minimum absolute atomic E-state index is 0.0128. The van der Waals surface area contributed by atoms with Crippen LogP contribution in [0.4, 0.5) is 0 Å². The maximum Gasteiger partial charge on any atom is 0.130 e. The monoisotopic (exact) mass is 302 g/mol. The van der Waals surface area contributed by atoms with E-state index in [4.69, 9.17) is 20.6 Å². The second kappa shape index (κ2) is 7.04. The Bertz CT molecular complexity index is 644. The van der Waals surface area contributed by atoms with Crippen LogP contribution in [-0.2, 0) is 5.75 Å². The van der Waals surface area contributed by atoms with E-state index in [-0.39, 0.29) is 5.84 Å². The Morgan fingerprint density at radius 1 is 1.14 bits per heavy atom. The Kier molecular flexibility index (Phi) is 5.11. The first-order valence-corrected chi connectivity index (χ1v) is 7.40. The molecule has 110 valence electrons. The Labute approximate surface area is 128 Å². The number of rotatable bonds is 6. The number of thioether (sulfide) groups is 1. The molecule has 2 aromatic carbocycles. The van der Waals surface area contributed by atoms with Crippen molar-refractivity contribution >= 4 is 17.6 Å². The highest BCUT2D eigenvalue weighted by molar-refractivity contribution is 7.98. The Hall–Kier alpha value is -2.14. The van der Waals surface area contributed by atoms with E-state index < -0.39 is 0 Å². The van der Waals surface area contributed by atoms with Gasteiger partial charge < -0.3 is 15.2 Å². The van der Waals surface area contributed by atoms with Gasteiger partial charge in [0.05, 0.1) is 19.8 Å². The van der Waals surface area contributed by atoms with Crippen LogP contribution in [0.5, 0.6) is 11.5 Å². The molecule has 0 amide bonds. The minimum Gasteiger partial charge on any atom is -0.497 e. The van der Waals surface area contributed by atoms with Crippen molar-refractivity contribution in [3.05, 3.63) is 53.6 Å². The van der Waals surface area contributed by atoms with Crippen molar-refractivity contribution in [2.24, 2.45) is 5.73 Å². The normalized spacial score (nSPS) is 10.2. The smallest absolute Gasteiger partial charge is 0.130 e. The number of nitrogen functional groups attached to an aromatic ring is 1. The van der Waals surface area contributed by atoms with Crippen LogP contribution in [-0.4, -0.2) is 20.1 Å². The predicted molar refractivity (Wildman–Crippen MR) is 86.6 cm³/mol. The van der Waals surface area contributed by atoms with Gasteiger partial charge in [0.1, 0.15) is 17.3 Å². The Morgan fingerprint density at radius 2 is 1.95 bits per heavy atom. The summed E-state index contributed by atoms with van der Waals surface area (Å²) in [5.41, 5.74) is 7.25. The molecule has 0 fully saturated rings. The van der Waals surface area contributed by atoms with Crippen LogP contribution in [0.15, 0.2) is 47.4 Å². The first kappa shape index (κ1) is 15.3. The van der Waals surface area contributed by atoms with Gasteiger partial charge in [-0.25, -0.2) is 0 Å². The van der Waals surface area contributed by atoms with Gasteiger partial charge in [-0.2, -0.15) is 0 Å². The maximum absolute atomic E-state index is 7.51. The zero-order valence-corrected chi connectivity index (χ0v) is 12.9. The van der Waals surface area contributed by atoms with Gasteiger partial charge in [-0.05, 0) is 35.9 Å². The molecule has 0 aliphatic heterocycles. The number of nitrogens with one attached hydrogen (secondary N) is 1. The van der Waals surface area contributed by atoms with Gasteiger partial charge in [0, 0.05) is 10.6 Å². The lowest BCUT2D eigenvalue weighted by molar-refractivity contribution is 0.413. The third-order valence-corrected chi connectivity index (χ3v) is 4.07. The van der Waals surface area contributed by atoms with Crippen molar-refractivity contribution in [2.75, 3.05) is 14.2 Å². The summed E-state index contributed by atoms with van der Waals surface area (Å²) in [4.78, 5) is 1.14. The van der Waals surface area contributed by atoms with Crippen LogP contribution < -0.4 is 15.2 Å². The fourth-order valence-electron chi connectivity index (χ4n) is 1.91. The van der Waals surface area contributed by atoms with Gasteiger partial charge >= 0.3 is 0 Å². The highest BCUT2D eigenvalue weighted by Gasteiger charge is 2.07. The Morgan fingerprint density at radius 3 is 2.62 bits per heavy atom. The molecule has 0 bridgehead atoms. The van der Waals surface area contributed by atoms with Crippen LogP contribution in [0, 0.1) is 5.41 Å². The standard InChI is InChI=1S/C16H18N2O2S/c1-19-12-4-3-5-13(9-12)21-10-11-6-7-14(16(17)18)15(8-11)20-2/h3-9H,10H2,1-2H3,(H3,17,18). The van der Waals surface area contributed by atoms with Crippen molar-refractivity contribution in [2.45, 2.75) is 10.6 Å². The van der Waals surface area contributed by atoms with E-state index in [0.29, 0.717) is 11.3 Å². The lowest BCUT2D eigenvalue weighted by Gasteiger charge is -2.10. The van der Waals surface area contributed by atoms with Crippen molar-refractivity contribution < 1.29 is 9.47 Å². The molecule has 4 nitrogen and oxygen atoms in total. The SMILES string of the molecule is COc1cccc(SCc2ccc(C(=N)N)c(OC)c2)c1. The van der Waals surface area contributed by atoms with Gasteiger partial charge in [0.15, 0.2) is 0 Å². The number of methoxy groups -OCH3 is 2. The van der Waals surface area contributed by atoms with E-state index >= 15 is 0 Å². The topological polar surface area (TPSA) is 68.3 Å². The van der Waals surface area contributed by atoms with E-state index in [9.17, 15) is 0 Å². The maximum atomic E-state index is 7.51. The average Bonchev–Trinajstić information content (AvgIpc) is 2.52. The van der Waals surface area contributed by atoms with Crippen LogP contribution in [0.1, 0.15) is 11.1 Å². The van der Waals surface area contributed by atoms with E-state index in [0.717, 1.165) is 22.0 Å². The molecule has 21 heavy (non-hydrogen) atoms. The molecule has 3 N–H and O–H groups in total. The van der Waals surface area contributed by atoms with Crippen LogP contribution in [0.2, 0.25) is 0 Å². The number of amidine groups is 1. The zero-order chi connectivity index (χ0) is 15.2. The molecular formula is C16H18N2O2S. The molecule has 0 aliphatic rings. The fraction of sp³-hybridized carbons (Fsp3) is 0.188. The molecule has 5 heteroatoms. The number of ether oxygens (including phenoxy) is 2. The minimum atomic E-state index is 0.0128. The fourth-order valence-corrected chi connectivity index (χ4v) is 2.79. The second-order valence-corrected chi connectivity index (χ2v) is 5.46. The van der Waals surface area contributed by atoms with E-state index in [1.54, 1.807) is 26.0 Å². The highest BCUT2D eigenvalue weighted by Crippen LogP contribution is 2.28. The zero-order valence-electron chi connectivity index (χ0n) is 12.1. The number of nitrogens with two attached hydrogens (primary N) is 1. The molecule has 0 radical (unpaired) electrons. The van der Waals surface area contributed by atoms with Gasteiger partial charge in [-0.1, -0.05) is 12.1 Å². The van der Waals surface area contributed by atoms with E-state index in [1.165, 1.54) is 0 Å². The third kappa shape index (κ3) is 3.92. The number of hydrogen-bond acceptors (Lipinski definition) is 4. The van der Waals surface area contributed by atoms with Crippen LogP contribution >= 0.6 is 11.8 Å². The summed E-state index contributed by atoms with van der Waals surface area (Å²) in [6, 6.07) is 13.7. The van der Waals surface area contributed by atoms with Crippen molar-refractivity contribution in [3.8, 4) is 11.5 Å². The van der Waals surface area contributed by atoms with E-state index in [1.807, 2.05) is 42.5 Å². The molecule has 2 aromatic rings. The second-order valence-electron chi connectivity index (χ2n) is 4.42. The number of benzene rings is 2. The summed E-state index contributed by atoms with van der Waals surface area (Å²) in [5, 5.41) is 7.51. The molecule has 0 saturated heterocycles. The molecule has 0 saturated carbocycles. The highest BCUT2D eigenvalue weighted by atomic mass is 32.2. The molecular weight excluding hydrogens is 284 g/mol. The van der Waals surface area contributed by atoms with Crippen molar-refractivity contribution in [1.29, 1.82) is 5.41 Å². The summed E-state index contributed by atoms with van der Waals surface area (Å²) in [6.07, 6.45) is 0. The lowest BCUT2D eigenvalue weighted by atomic mass is 10.1. The lowest BCUT2D eigenvalue weighted by Crippen LogP contribution is -2.12. The molecule has 0 aromatic heterocycles. The quantitative estimate of drug-likeness (QED) is 0.488. The average molecular weight is 302 g/mol. The van der Waals surface area contributed by atoms with Gasteiger partial charge in [-0.3, -0.25) is 5.41 Å². The largest absolute Gasteiger partial charge is 0.497 e. The molecule has 0 atom stereocenters. The first-order valence-electron chi connectivity index (χ1n) is 6.42. The van der Waals surface area contributed by atoms with Gasteiger partial charge in [0.2, 0.25) is 0 Å². The molecule has 2 rings (SSSR count). The molecule has 0 heterocycles.